The van der Waals surface area contributed by atoms with Gasteiger partial charge in [-0.1, -0.05) is 25.6 Å². The second-order valence-electron chi connectivity index (χ2n) is 2.90. The van der Waals surface area contributed by atoms with Crippen molar-refractivity contribution in [2.24, 2.45) is 0 Å². The van der Waals surface area contributed by atoms with Crippen molar-refractivity contribution in [3.8, 4) is 0 Å². The number of rotatable bonds is 4. The quantitative estimate of drug-likeness (QED) is 0.625. The molecule has 1 aromatic rings. The largest absolute Gasteiger partial charge is 0.372 e. The highest BCUT2D eigenvalue weighted by atomic mass is 32.1. The molecule has 1 heterocycles. The highest BCUT2D eigenvalue weighted by Gasteiger charge is 2.09. The van der Waals surface area contributed by atoms with Crippen LogP contribution in [0.5, 0.6) is 0 Å². The molecular formula is C9H13N3OS2. The molecule has 4 nitrogen and oxygen atoms in total. The zero-order chi connectivity index (χ0) is 11.1. The molecule has 82 valence electrons. The maximum atomic E-state index is 11.5. The van der Waals surface area contributed by atoms with Gasteiger partial charge in [-0.05, 0) is 6.42 Å². The Morgan fingerprint density at radius 1 is 1.67 bits per heavy atom. The standard InChI is InChI=1S/C9H13N3OS2/c1-2-3-4-10-8(14)7(13)12-9-11-5-6-15-9/h5-6H,2-4H2,1H3,(H,10,14)(H,11,12,13). The molecule has 0 aliphatic rings. The fourth-order valence-corrected chi connectivity index (χ4v) is 1.58. The van der Waals surface area contributed by atoms with Gasteiger partial charge in [-0.25, -0.2) is 4.98 Å². The first-order valence-electron chi connectivity index (χ1n) is 4.72. The van der Waals surface area contributed by atoms with E-state index in [1.54, 1.807) is 11.6 Å². The third-order valence-electron chi connectivity index (χ3n) is 1.67. The predicted molar refractivity (Wildman–Crippen MR) is 66.3 cm³/mol. The van der Waals surface area contributed by atoms with Crippen LogP contribution in [0.15, 0.2) is 11.6 Å². The second kappa shape index (κ2) is 6.47. The number of anilines is 1. The number of nitrogens with zero attached hydrogens (tertiary/aromatic N) is 1. The van der Waals surface area contributed by atoms with Crippen LogP contribution in [0.4, 0.5) is 5.13 Å². The molecular weight excluding hydrogens is 230 g/mol. The number of hydrogen-bond acceptors (Lipinski definition) is 4. The molecule has 0 aromatic carbocycles. The maximum absolute atomic E-state index is 11.5. The summed E-state index contributed by atoms with van der Waals surface area (Å²) in [6.07, 6.45) is 3.71. The molecule has 0 aliphatic heterocycles. The SMILES string of the molecule is CCCCNC(=S)C(=O)Nc1nccs1. The van der Waals surface area contributed by atoms with Crippen LogP contribution in [0.2, 0.25) is 0 Å². The van der Waals surface area contributed by atoms with Crippen LogP contribution in [-0.2, 0) is 4.79 Å². The Balaban J connectivity index is 2.30. The Morgan fingerprint density at radius 3 is 3.07 bits per heavy atom. The lowest BCUT2D eigenvalue weighted by Crippen LogP contribution is -2.34. The molecule has 0 radical (unpaired) electrons. The molecule has 0 saturated carbocycles. The molecule has 0 atom stereocenters. The summed E-state index contributed by atoms with van der Waals surface area (Å²) < 4.78 is 0. The minimum absolute atomic E-state index is 0.221. The number of amides is 1. The third kappa shape index (κ3) is 4.35. The monoisotopic (exact) mass is 243 g/mol. The molecule has 0 bridgehead atoms. The molecule has 2 N–H and O–H groups in total. The third-order valence-corrected chi connectivity index (χ3v) is 2.69. The molecule has 0 spiro atoms. The minimum atomic E-state index is -0.295. The van der Waals surface area contributed by atoms with E-state index in [1.807, 2.05) is 0 Å². The Bertz CT molecular complexity index is 324. The zero-order valence-corrected chi connectivity index (χ0v) is 10.1. The average molecular weight is 243 g/mol. The van der Waals surface area contributed by atoms with E-state index in [-0.39, 0.29) is 10.9 Å². The summed E-state index contributed by atoms with van der Waals surface area (Å²) in [6.45, 7) is 2.82. The number of hydrogen-bond donors (Lipinski definition) is 2. The van der Waals surface area contributed by atoms with E-state index in [4.69, 9.17) is 12.2 Å². The molecule has 1 aromatic heterocycles. The highest BCUT2D eigenvalue weighted by molar-refractivity contribution is 7.82. The number of carbonyl (C=O) groups excluding carboxylic acids is 1. The van der Waals surface area contributed by atoms with Crippen LogP contribution in [-0.4, -0.2) is 22.4 Å². The Labute approximate surface area is 98.1 Å². The van der Waals surface area contributed by atoms with Gasteiger partial charge >= 0.3 is 0 Å². The van der Waals surface area contributed by atoms with Crippen molar-refractivity contribution in [1.29, 1.82) is 0 Å². The summed E-state index contributed by atoms with van der Waals surface area (Å²) in [5.74, 6) is -0.295. The van der Waals surface area contributed by atoms with E-state index in [1.165, 1.54) is 11.3 Å². The van der Waals surface area contributed by atoms with Crippen molar-refractivity contribution in [3.63, 3.8) is 0 Å². The van der Waals surface area contributed by atoms with Gasteiger partial charge in [0, 0.05) is 18.1 Å². The van der Waals surface area contributed by atoms with Gasteiger partial charge < -0.3 is 5.32 Å². The van der Waals surface area contributed by atoms with E-state index in [0.29, 0.717) is 5.13 Å². The smallest absolute Gasteiger partial charge is 0.284 e. The lowest BCUT2D eigenvalue weighted by atomic mass is 10.3. The normalized spacial score (nSPS) is 9.67. The van der Waals surface area contributed by atoms with Gasteiger partial charge in [-0.2, -0.15) is 0 Å². The van der Waals surface area contributed by atoms with Crippen molar-refractivity contribution < 1.29 is 4.79 Å². The van der Waals surface area contributed by atoms with Gasteiger partial charge in [-0.3, -0.25) is 10.1 Å². The number of nitrogens with one attached hydrogen (secondary N) is 2. The number of aromatic nitrogens is 1. The molecule has 0 saturated heterocycles. The van der Waals surface area contributed by atoms with Gasteiger partial charge in [0.1, 0.15) is 0 Å². The number of carbonyl (C=O) groups is 1. The van der Waals surface area contributed by atoms with Gasteiger partial charge in [0.15, 0.2) is 10.1 Å². The first-order valence-corrected chi connectivity index (χ1v) is 6.01. The van der Waals surface area contributed by atoms with Crippen molar-refractivity contribution in [3.05, 3.63) is 11.6 Å². The van der Waals surface area contributed by atoms with Crippen LogP contribution in [0, 0.1) is 0 Å². The van der Waals surface area contributed by atoms with Crippen LogP contribution >= 0.6 is 23.6 Å². The number of thiazole rings is 1. The maximum Gasteiger partial charge on any atom is 0.284 e. The van der Waals surface area contributed by atoms with Crippen LogP contribution in [0.1, 0.15) is 19.8 Å². The minimum Gasteiger partial charge on any atom is -0.372 e. The Hall–Kier alpha value is -1.01. The summed E-state index contributed by atoms with van der Waals surface area (Å²) in [6, 6.07) is 0. The van der Waals surface area contributed by atoms with Crippen LogP contribution in [0.25, 0.3) is 0 Å². The lowest BCUT2D eigenvalue weighted by molar-refractivity contribution is -0.110. The van der Waals surface area contributed by atoms with Crippen molar-refractivity contribution in [1.82, 2.24) is 10.3 Å². The van der Waals surface area contributed by atoms with Gasteiger partial charge in [-0.15, -0.1) is 11.3 Å². The molecule has 0 fully saturated rings. The van der Waals surface area contributed by atoms with Crippen molar-refractivity contribution >= 4 is 39.6 Å². The summed E-state index contributed by atoms with van der Waals surface area (Å²) in [7, 11) is 0. The molecule has 15 heavy (non-hydrogen) atoms. The zero-order valence-electron chi connectivity index (χ0n) is 8.45. The van der Waals surface area contributed by atoms with Crippen molar-refractivity contribution in [2.45, 2.75) is 19.8 Å². The van der Waals surface area contributed by atoms with Gasteiger partial charge in [0.2, 0.25) is 0 Å². The van der Waals surface area contributed by atoms with E-state index < -0.39 is 0 Å². The summed E-state index contributed by atoms with van der Waals surface area (Å²) >= 11 is 6.28. The highest BCUT2D eigenvalue weighted by Crippen LogP contribution is 2.09. The molecule has 0 unspecified atom stereocenters. The summed E-state index contributed by atoms with van der Waals surface area (Å²) in [4.78, 5) is 15.6. The van der Waals surface area contributed by atoms with Crippen LogP contribution < -0.4 is 10.6 Å². The first kappa shape index (κ1) is 12.1. The fourth-order valence-electron chi connectivity index (χ4n) is 0.898. The Morgan fingerprint density at radius 2 is 2.47 bits per heavy atom. The van der Waals surface area contributed by atoms with Gasteiger partial charge in [0.25, 0.3) is 5.91 Å². The van der Waals surface area contributed by atoms with E-state index >= 15 is 0 Å². The molecule has 6 heteroatoms. The number of thiocarbonyl (C=S) groups is 1. The molecule has 1 amide bonds. The van der Waals surface area contributed by atoms with E-state index in [0.717, 1.165) is 19.4 Å². The topological polar surface area (TPSA) is 54.0 Å². The van der Waals surface area contributed by atoms with Gasteiger partial charge in [0.05, 0.1) is 0 Å². The van der Waals surface area contributed by atoms with Crippen molar-refractivity contribution in [2.75, 3.05) is 11.9 Å². The number of unbranched alkanes of at least 4 members (excludes halogenated alkanes) is 1. The Kier molecular flexibility index (Phi) is 5.20. The summed E-state index contributed by atoms with van der Waals surface area (Å²) in [5.41, 5.74) is 0. The first-order chi connectivity index (χ1) is 7.24. The predicted octanol–water partition coefficient (Wildman–Crippen LogP) is 1.80. The molecule has 1 rings (SSSR count). The van der Waals surface area contributed by atoms with E-state index in [9.17, 15) is 4.79 Å². The summed E-state index contributed by atoms with van der Waals surface area (Å²) in [5, 5.41) is 7.87. The second-order valence-corrected chi connectivity index (χ2v) is 4.20. The average Bonchev–Trinajstić information content (AvgIpc) is 2.70. The van der Waals surface area contributed by atoms with E-state index in [2.05, 4.69) is 22.5 Å². The van der Waals surface area contributed by atoms with Crippen LogP contribution in [0.3, 0.4) is 0 Å². The fraction of sp³-hybridized carbons (Fsp3) is 0.444. The molecule has 0 aliphatic carbocycles. The lowest BCUT2D eigenvalue weighted by Gasteiger charge is -2.05.